The maximum Gasteiger partial charge on any atom is 0.246 e. The average Bonchev–Trinajstić information content (AvgIpc) is 2.87. The van der Waals surface area contributed by atoms with Gasteiger partial charge in [0.1, 0.15) is 24.2 Å². The lowest BCUT2D eigenvalue weighted by molar-refractivity contribution is 0.0997. The van der Waals surface area contributed by atoms with Gasteiger partial charge in [-0.25, -0.2) is 0 Å². The van der Waals surface area contributed by atoms with Gasteiger partial charge in [-0.05, 0) is 42.3 Å². The first-order valence-corrected chi connectivity index (χ1v) is 10.9. The lowest BCUT2D eigenvalue weighted by Crippen LogP contribution is -2.41. The maximum absolute atomic E-state index is 10.2. The molecular weight excluding hydrogens is 418 g/mol. The Bertz CT molecular complexity index is 1130. The molecule has 0 saturated carbocycles. The van der Waals surface area contributed by atoms with Crippen molar-refractivity contribution in [3.8, 4) is 17.4 Å². The molecule has 170 valence electrons. The summed E-state index contributed by atoms with van der Waals surface area (Å²) in [6.07, 6.45) is 1.63. The van der Waals surface area contributed by atoms with Gasteiger partial charge in [-0.1, -0.05) is 48.5 Å². The van der Waals surface area contributed by atoms with Crippen molar-refractivity contribution in [1.82, 2.24) is 15.5 Å². The summed E-state index contributed by atoms with van der Waals surface area (Å²) < 4.78 is 11.5. The van der Waals surface area contributed by atoms with Crippen molar-refractivity contribution in [3.05, 3.63) is 90.6 Å². The first-order valence-electron chi connectivity index (χ1n) is 10.9. The minimum atomic E-state index is -0.683. The van der Waals surface area contributed by atoms with Crippen LogP contribution in [0.1, 0.15) is 5.56 Å². The number of para-hydroxylation sites is 1. The molecule has 0 aliphatic rings. The molecule has 2 atom stereocenters. The van der Waals surface area contributed by atoms with Crippen LogP contribution in [0.5, 0.6) is 17.4 Å². The van der Waals surface area contributed by atoms with E-state index in [9.17, 15) is 10.2 Å². The lowest BCUT2D eigenvalue weighted by atomic mass is 10.1. The minimum absolute atomic E-state index is 0.0455. The van der Waals surface area contributed by atoms with E-state index in [1.54, 1.807) is 6.20 Å². The van der Waals surface area contributed by atoms with Gasteiger partial charge in [0.05, 0.1) is 12.8 Å². The second kappa shape index (κ2) is 11.4. The van der Waals surface area contributed by atoms with Gasteiger partial charge in [-0.2, -0.15) is 5.10 Å². The first kappa shape index (κ1) is 22.7. The third-order valence-electron chi connectivity index (χ3n) is 5.20. The van der Waals surface area contributed by atoms with Crippen LogP contribution in [0.15, 0.2) is 85.1 Å². The number of nitrogens with zero attached hydrogens (tertiary/aromatic N) is 2. The second-order valence-corrected chi connectivity index (χ2v) is 7.75. The topological polar surface area (TPSA) is 96.7 Å². The summed E-state index contributed by atoms with van der Waals surface area (Å²) in [4.78, 5) is 0. The molecule has 1 aromatic heterocycles. The zero-order valence-corrected chi connectivity index (χ0v) is 18.2. The zero-order chi connectivity index (χ0) is 22.9. The van der Waals surface area contributed by atoms with E-state index in [-0.39, 0.29) is 19.3 Å². The van der Waals surface area contributed by atoms with Crippen molar-refractivity contribution >= 4 is 10.8 Å². The number of aromatic nitrogens is 2. The van der Waals surface area contributed by atoms with Gasteiger partial charge in [-0.3, -0.25) is 0 Å². The fourth-order valence-corrected chi connectivity index (χ4v) is 3.44. The highest BCUT2D eigenvalue weighted by Crippen LogP contribution is 2.27. The fraction of sp³-hybridized carbons (Fsp3) is 0.231. The van der Waals surface area contributed by atoms with Crippen LogP contribution in [0.4, 0.5) is 0 Å². The molecule has 4 rings (SSSR count). The number of hydrogen-bond donors (Lipinski definition) is 3. The number of aliphatic hydroxyl groups is 2. The number of hydrogen-bond acceptors (Lipinski definition) is 7. The fourth-order valence-electron chi connectivity index (χ4n) is 3.44. The molecule has 1 heterocycles. The number of nitrogens with one attached hydrogen (secondary N) is 1. The zero-order valence-electron chi connectivity index (χ0n) is 18.2. The standard InChI is InChI=1S/C26H27N3O4/c30-17-21(27-16-22(31)18-32-23-7-2-1-3-8-23)14-19-10-12-24(13-11-19)33-26-25-9-5-4-6-20(25)15-28-29-26/h1-13,15,21-22,27,30-31H,14,16-18H2. The Morgan fingerprint density at radius 2 is 1.64 bits per heavy atom. The number of ether oxygens (including phenoxy) is 2. The summed E-state index contributed by atoms with van der Waals surface area (Å²) >= 11 is 0. The molecule has 7 nitrogen and oxygen atoms in total. The van der Waals surface area contributed by atoms with Gasteiger partial charge in [0.25, 0.3) is 0 Å². The number of aliphatic hydroxyl groups excluding tert-OH is 2. The second-order valence-electron chi connectivity index (χ2n) is 7.75. The van der Waals surface area contributed by atoms with Gasteiger partial charge in [0.15, 0.2) is 0 Å². The molecule has 0 saturated heterocycles. The monoisotopic (exact) mass is 445 g/mol. The third kappa shape index (κ3) is 6.49. The summed E-state index contributed by atoms with van der Waals surface area (Å²) in [7, 11) is 0. The van der Waals surface area contributed by atoms with E-state index in [1.165, 1.54) is 0 Å². The predicted octanol–water partition coefficient (Wildman–Crippen LogP) is 3.36. The molecule has 3 aromatic carbocycles. The number of rotatable bonds is 11. The molecule has 0 aliphatic heterocycles. The molecule has 33 heavy (non-hydrogen) atoms. The van der Waals surface area contributed by atoms with Gasteiger partial charge in [-0.15, -0.1) is 5.10 Å². The quantitative estimate of drug-likeness (QED) is 0.326. The van der Waals surface area contributed by atoms with Crippen molar-refractivity contribution < 1.29 is 19.7 Å². The molecule has 7 heteroatoms. The molecule has 0 amide bonds. The van der Waals surface area contributed by atoms with E-state index in [1.807, 2.05) is 78.9 Å². The molecule has 4 aromatic rings. The molecule has 0 bridgehead atoms. The predicted molar refractivity (Wildman–Crippen MR) is 127 cm³/mol. The number of fused-ring (bicyclic) bond motifs is 1. The summed E-state index contributed by atoms with van der Waals surface area (Å²) in [5.41, 5.74) is 1.04. The Morgan fingerprint density at radius 1 is 0.879 bits per heavy atom. The molecule has 3 N–H and O–H groups in total. The molecule has 0 fully saturated rings. The Labute approximate surface area is 192 Å². The molecule has 0 aliphatic carbocycles. The van der Waals surface area contributed by atoms with E-state index < -0.39 is 6.10 Å². The maximum atomic E-state index is 10.2. The summed E-state index contributed by atoms with van der Waals surface area (Å²) in [6, 6.07) is 24.6. The Kier molecular flexibility index (Phi) is 7.81. The third-order valence-corrected chi connectivity index (χ3v) is 5.20. The van der Waals surface area contributed by atoms with Crippen LogP contribution in [0.2, 0.25) is 0 Å². The van der Waals surface area contributed by atoms with E-state index >= 15 is 0 Å². The minimum Gasteiger partial charge on any atom is -0.491 e. The Morgan fingerprint density at radius 3 is 2.42 bits per heavy atom. The molecule has 2 unspecified atom stereocenters. The van der Waals surface area contributed by atoms with Crippen LogP contribution in [-0.4, -0.2) is 52.3 Å². The van der Waals surface area contributed by atoms with Crippen LogP contribution in [0.3, 0.4) is 0 Å². The van der Waals surface area contributed by atoms with E-state index in [4.69, 9.17) is 9.47 Å². The van der Waals surface area contributed by atoms with Gasteiger partial charge >= 0.3 is 0 Å². The SMILES string of the molecule is OCC(Cc1ccc(Oc2nncc3ccccc23)cc1)NCC(O)COc1ccccc1. The molecular formula is C26H27N3O4. The summed E-state index contributed by atoms with van der Waals surface area (Å²) in [6.45, 7) is 0.452. The normalized spacial score (nSPS) is 12.9. The van der Waals surface area contributed by atoms with Gasteiger partial charge in [0.2, 0.25) is 5.88 Å². The highest BCUT2D eigenvalue weighted by atomic mass is 16.5. The smallest absolute Gasteiger partial charge is 0.246 e. The summed E-state index contributed by atoms with van der Waals surface area (Å²) in [5, 5.41) is 33.1. The largest absolute Gasteiger partial charge is 0.491 e. The van der Waals surface area contributed by atoms with Gasteiger partial charge < -0.3 is 25.0 Å². The van der Waals surface area contributed by atoms with Crippen LogP contribution < -0.4 is 14.8 Å². The Balaban J connectivity index is 1.28. The lowest BCUT2D eigenvalue weighted by Gasteiger charge is -2.19. The highest BCUT2D eigenvalue weighted by molar-refractivity contribution is 5.85. The van der Waals surface area contributed by atoms with Crippen molar-refractivity contribution in [1.29, 1.82) is 0 Å². The van der Waals surface area contributed by atoms with E-state index in [2.05, 4.69) is 15.5 Å². The molecule has 0 spiro atoms. The highest BCUT2D eigenvalue weighted by Gasteiger charge is 2.12. The first-order chi connectivity index (χ1) is 16.2. The summed E-state index contributed by atoms with van der Waals surface area (Å²) in [5.74, 6) is 1.83. The average molecular weight is 446 g/mol. The van der Waals surface area contributed by atoms with E-state index in [0.717, 1.165) is 16.3 Å². The Hall–Kier alpha value is -3.52. The number of benzene rings is 3. The van der Waals surface area contributed by atoms with Crippen LogP contribution in [0, 0.1) is 0 Å². The van der Waals surface area contributed by atoms with Crippen molar-refractivity contribution in [2.24, 2.45) is 0 Å². The molecule has 0 radical (unpaired) electrons. The van der Waals surface area contributed by atoms with Crippen LogP contribution >= 0.6 is 0 Å². The van der Waals surface area contributed by atoms with Gasteiger partial charge in [0, 0.05) is 23.4 Å². The van der Waals surface area contributed by atoms with Crippen molar-refractivity contribution in [2.75, 3.05) is 19.8 Å². The van der Waals surface area contributed by atoms with Crippen molar-refractivity contribution in [2.45, 2.75) is 18.6 Å². The van der Waals surface area contributed by atoms with E-state index in [0.29, 0.717) is 30.3 Å². The van der Waals surface area contributed by atoms with Crippen LogP contribution in [-0.2, 0) is 6.42 Å². The van der Waals surface area contributed by atoms with Crippen LogP contribution in [0.25, 0.3) is 10.8 Å². The van der Waals surface area contributed by atoms with Crippen molar-refractivity contribution in [3.63, 3.8) is 0 Å².